The lowest BCUT2D eigenvalue weighted by molar-refractivity contribution is -0.142. The smallest absolute Gasteiger partial charge is 0.323 e. The summed E-state index contributed by atoms with van der Waals surface area (Å²) in [6.07, 6.45) is 0. The summed E-state index contributed by atoms with van der Waals surface area (Å²) >= 11 is 0. The van der Waals surface area contributed by atoms with Gasteiger partial charge in [0, 0.05) is 6.66 Å². The van der Waals surface area contributed by atoms with E-state index in [0.29, 0.717) is 5.75 Å². The second-order valence-corrected chi connectivity index (χ2v) is 5.76. The van der Waals surface area contributed by atoms with Crippen molar-refractivity contribution in [1.29, 1.82) is 0 Å². The van der Waals surface area contributed by atoms with Crippen LogP contribution in [0.2, 0.25) is 0 Å². The molecule has 1 aromatic rings. The molecule has 17 heavy (non-hydrogen) atoms. The molecule has 0 aliphatic carbocycles. The number of benzene rings is 1. The minimum Gasteiger partial charge on any atom is -0.468 e. The highest BCUT2D eigenvalue weighted by molar-refractivity contribution is 7.56. The standard InChI is InChI=1S/C11H16NO4P/c1-9(11(13)15-2)12-17(3,14)16-10-7-5-4-6-8-10/h4-9H,1-3H3,(H,12,14)/t9-,17?/m0/s1. The maximum absolute atomic E-state index is 12.1. The summed E-state index contributed by atoms with van der Waals surface area (Å²) in [5.41, 5.74) is 0. The first-order valence-electron chi connectivity index (χ1n) is 5.12. The van der Waals surface area contributed by atoms with Crippen LogP contribution in [0.15, 0.2) is 30.3 Å². The molecule has 0 radical (unpaired) electrons. The Kier molecular flexibility index (Phi) is 4.73. The molecule has 0 fully saturated rings. The number of carbonyl (C=O) groups is 1. The van der Waals surface area contributed by atoms with E-state index in [-0.39, 0.29) is 0 Å². The Hall–Kier alpha value is -1.32. The van der Waals surface area contributed by atoms with Crippen molar-refractivity contribution in [3.8, 4) is 5.75 Å². The van der Waals surface area contributed by atoms with Gasteiger partial charge in [0.1, 0.15) is 11.8 Å². The van der Waals surface area contributed by atoms with E-state index in [1.54, 1.807) is 31.2 Å². The van der Waals surface area contributed by atoms with Crippen LogP contribution in [0.4, 0.5) is 0 Å². The Morgan fingerprint density at radius 3 is 2.47 bits per heavy atom. The SMILES string of the molecule is COC(=O)[C@H](C)NP(C)(=O)Oc1ccccc1. The van der Waals surface area contributed by atoms with Crippen LogP contribution in [-0.4, -0.2) is 25.8 Å². The molecule has 1 aromatic carbocycles. The zero-order valence-electron chi connectivity index (χ0n) is 10.0. The van der Waals surface area contributed by atoms with Crippen LogP contribution in [0, 0.1) is 0 Å². The van der Waals surface area contributed by atoms with E-state index in [1.165, 1.54) is 13.8 Å². The van der Waals surface area contributed by atoms with Gasteiger partial charge in [0.25, 0.3) is 0 Å². The number of ether oxygens (including phenoxy) is 1. The monoisotopic (exact) mass is 257 g/mol. The zero-order valence-corrected chi connectivity index (χ0v) is 10.9. The molecule has 1 N–H and O–H groups in total. The van der Waals surface area contributed by atoms with E-state index in [0.717, 1.165) is 0 Å². The van der Waals surface area contributed by atoms with Crippen LogP contribution in [0.5, 0.6) is 5.75 Å². The number of rotatable bonds is 5. The fraction of sp³-hybridized carbons (Fsp3) is 0.364. The number of hydrogen-bond donors (Lipinski definition) is 1. The fourth-order valence-electron chi connectivity index (χ4n) is 1.29. The van der Waals surface area contributed by atoms with E-state index in [9.17, 15) is 9.36 Å². The summed E-state index contributed by atoms with van der Waals surface area (Å²) in [6, 6.07) is 8.09. The van der Waals surface area contributed by atoms with Crippen molar-refractivity contribution >= 4 is 13.5 Å². The quantitative estimate of drug-likeness (QED) is 0.646. The summed E-state index contributed by atoms with van der Waals surface area (Å²) in [6.45, 7) is 2.98. The number of para-hydroxylation sites is 1. The molecule has 6 heteroatoms. The van der Waals surface area contributed by atoms with Crippen LogP contribution in [0.1, 0.15) is 6.92 Å². The van der Waals surface area contributed by atoms with Gasteiger partial charge in [-0.2, -0.15) is 0 Å². The second-order valence-electron chi connectivity index (χ2n) is 3.62. The lowest BCUT2D eigenvalue weighted by Crippen LogP contribution is -2.33. The Morgan fingerprint density at radius 1 is 1.35 bits per heavy atom. The number of hydrogen-bond acceptors (Lipinski definition) is 4. The molecule has 0 saturated carbocycles. The van der Waals surface area contributed by atoms with Crippen LogP contribution in [0.3, 0.4) is 0 Å². The van der Waals surface area contributed by atoms with Gasteiger partial charge in [-0.15, -0.1) is 0 Å². The Bertz CT molecular complexity index is 421. The van der Waals surface area contributed by atoms with Crippen molar-refractivity contribution in [3.05, 3.63) is 30.3 Å². The van der Waals surface area contributed by atoms with E-state index >= 15 is 0 Å². The van der Waals surface area contributed by atoms with Gasteiger partial charge in [-0.05, 0) is 19.1 Å². The molecular formula is C11H16NO4P. The Labute approximate surface area is 101 Å². The Balaban J connectivity index is 2.63. The van der Waals surface area contributed by atoms with Gasteiger partial charge >= 0.3 is 13.5 Å². The molecule has 0 saturated heterocycles. The van der Waals surface area contributed by atoms with E-state index in [1.807, 2.05) is 6.07 Å². The topological polar surface area (TPSA) is 64.6 Å². The molecule has 0 heterocycles. The van der Waals surface area contributed by atoms with Gasteiger partial charge in [-0.3, -0.25) is 9.36 Å². The molecule has 2 atom stereocenters. The lowest BCUT2D eigenvalue weighted by Gasteiger charge is -2.19. The molecule has 0 aromatic heterocycles. The average molecular weight is 257 g/mol. The minimum absolute atomic E-state index is 0.483. The molecule has 0 amide bonds. The molecular weight excluding hydrogens is 241 g/mol. The molecule has 0 spiro atoms. The van der Waals surface area contributed by atoms with Crippen molar-refractivity contribution in [2.75, 3.05) is 13.8 Å². The summed E-state index contributed by atoms with van der Waals surface area (Å²) in [7, 11) is -1.81. The largest absolute Gasteiger partial charge is 0.468 e. The molecule has 0 bridgehead atoms. The minimum atomic E-state index is -3.09. The summed E-state index contributed by atoms with van der Waals surface area (Å²) in [5.74, 6) is 0.00614. The van der Waals surface area contributed by atoms with Crippen molar-refractivity contribution in [3.63, 3.8) is 0 Å². The molecule has 5 nitrogen and oxygen atoms in total. The molecule has 0 aliphatic rings. The van der Waals surface area contributed by atoms with E-state index in [2.05, 4.69) is 9.82 Å². The van der Waals surface area contributed by atoms with E-state index < -0.39 is 19.5 Å². The van der Waals surface area contributed by atoms with Gasteiger partial charge < -0.3 is 9.26 Å². The third-order valence-electron chi connectivity index (χ3n) is 2.01. The Morgan fingerprint density at radius 2 is 1.94 bits per heavy atom. The second kappa shape index (κ2) is 5.84. The number of methoxy groups -OCH3 is 1. The molecule has 94 valence electrons. The average Bonchev–Trinajstić information content (AvgIpc) is 2.27. The normalized spacial score (nSPS) is 15.7. The van der Waals surface area contributed by atoms with Gasteiger partial charge in [0.2, 0.25) is 0 Å². The molecule has 1 unspecified atom stereocenters. The number of nitrogens with one attached hydrogen (secondary N) is 1. The summed E-state index contributed by atoms with van der Waals surface area (Å²) in [5, 5.41) is 2.61. The van der Waals surface area contributed by atoms with Crippen molar-refractivity contribution in [2.24, 2.45) is 0 Å². The van der Waals surface area contributed by atoms with Crippen molar-refractivity contribution in [1.82, 2.24) is 5.09 Å². The van der Waals surface area contributed by atoms with E-state index in [4.69, 9.17) is 4.52 Å². The zero-order chi connectivity index (χ0) is 12.9. The highest BCUT2D eigenvalue weighted by Crippen LogP contribution is 2.39. The number of carbonyl (C=O) groups excluding carboxylic acids is 1. The maximum atomic E-state index is 12.1. The van der Waals surface area contributed by atoms with Crippen LogP contribution in [0.25, 0.3) is 0 Å². The summed E-state index contributed by atoms with van der Waals surface area (Å²) in [4.78, 5) is 11.2. The van der Waals surface area contributed by atoms with Crippen LogP contribution < -0.4 is 9.61 Å². The lowest BCUT2D eigenvalue weighted by atomic mass is 10.3. The predicted molar refractivity (Wildman–Crippen MR) is 65.2 cm³/mol. The van der Waals surface area contributed by atoms with Crippen molar-refractivity contribution in [2.45, 2.75) is 13.0 Å². The highest BCUT2D eigenvalue weighted by Gasteiger charge is 2.24. The molecule has 1 rings (SSSR count). The van der Waals surface area contributed by atoms with Gasteiger partial charge in [0.05, 0.1) is 7.11 Å². The van der Waals surface area contributed by atoms with Gasteiger partial charge in [-0.25, -0.2) is 5.09 Å². The van der Waals surface area contributed by atoms with Gasteiger partial charge in [0.15, 0.2) is 0 Å². The first-order chi connectivity index (χ1) is 7.94. The van der Waals surface area contributed by atoms with Crippen LogP contribution >= 0.6 is 7.52 Å². The predicted octanol–water partition coefficient (Wildman–Crippen LogP) is 2.04. The number of esters is 1. The van der Waals surface area contributed by atoms with Crippen molar-refractivity contribution < 1.29 is 18.6 Å². The third-order valence-corrected chi connectivity index (χ3v) is 3.42. The highest BCUT2D eigenvalue weighted by atomic mass is 31.2. The first-order valence-corrected chi connectivity index (χ1v) is 7.19. The van der Waals surface area contributed by atoms with Crippen LogP contribution in [-0.2, 0) is 14.1 Å². The van der Waals surface area contributed by atoms with Gasteiger partial charge in [-0.1, -0.05) is 18.2 Å². The first kappa shape index (κ1) is 13.7. The molecule has 0 aliphatic heterocycles. The third kappa shape index (κ3) is 4.59. The summed E-state index contributed by atoms with van der Waals surface area (Å²) < 4.78 is 21.9. The fourth-order valence-corrected chi connectivity index (χ4v) is 2.68. The maximum Gasteiger partial charge on any atom is 0.323 e.